The number of carbonyl (C=O) groups is 1. The first-order valence-corrected chi connectivity index (χ1v) is 11.2. The van der Waals surface area contributed by atoms with Crippen molar-refractivity contribution in [2.45, 2.75) is 23.4 Å². The van der Waals surface area contributed by atoms with Gasteiger partial charge >= 0.3 is 12.1 Å². The first-order chi connectivity index (χ1) is 15.3. The third kappa shape index (κ3) is 5.34. The first kappa shape index (κ1) is 22.4. The van der Waals surface area contributed by atoms with E-state index in [9.17, 15) is 18.0 Å². The number of benzene rings is 3. The van der Waals surface area contributed by atoms with E-state index in [2.05, 4.69) is 4.90 Å². The monoisotopic (exact) mass is 457 g/mol. The number of hydrogen-bond donors (Lipinski definition) is 1. The summed E-state index contributed by atoms with van der Waals surface area (Å²) in [7, 11) is 0. The Morgan fingerprint density at radius 1 is 0.938 bits per heavy atom. The molecule has 0 aliphatic carbocycles. The molecule has 0 radical (unpaired) electrons. The van der Waals surface area contributed by atoms with Gasteiger partial charge < -0.3 is 5.11 Å². The Morgan fingerprint density at radius 3 is 2.22 bits per heavy atom. The van der Waals surface area contributed by atoms with E-state index in [-0.39, 0.29) is 10.8 Å². The zero-order valence-electron chi connectivity index (χ0n) is 17.2. The number of alkyl halides is 3. The largest absolute Gasteiger partial charge is 0.481 e. The standard InChI is InChI=1S/C25H22F3NO2S/c26-25(27,28)22-12-20(19-4-2-1-3-5-19)10-11-23(22)32-16-18-8-6-17(7-9-18)13-29-14-21(15-29)24(30)31/h1-12,21H,13-16H2,(H,30,31). The minimum atomic E-state index is -4.43. The zero-order valence-corrected chi connectivity index (χ0v) is 18.0. The van der Waals surface area contributed by atoms with Crippen LogP contribution in [0.4, 0.5) is 13.2 Å². The molecule has 0 unspecified atom stereocenters. The second kappa shape index (κ2) is 9.38. The van der Waals surface area contributed by atoms with Crippen molar-refractivity contribution < 1.29 is 23.1 Å². The number of aliphatic carboxylic acids is 1. The van der Waals surface area contributed by atoms with Crippen LogP contribution in [0.2, 0.25) is 0 Å². The summed E-state index contributed by atoms with van der Waals surface area (Å²) in [5.74, 6) is -0.621. The van der Waals surface area contributed by atoms with Crippen LogP contribution in [0.15, 0.2) is 77.7 Å². The smallest absolute Gasteiger partial charge is 0.417 e. The number of likely N-dealkylation sites (tertiary alicyclic amines) is 1. The van der Waals surface area contributed by atoms with Gasteiger partial charge in [0.2, 0.25) is 0 Å². The van der Waals surface area contributed by atoms with Crippen LogP contribution in [0.3, 0.4) is 0 Å². The zero-order chi connectivity index (χ0) is 22.7. The molecule has 1 fully saturated rings. The Kier molecular flexibility index (Phi) is 6.58. The Balaban J connectivity index is 1.41. The SMILES string of the molecule is O=C(O)C1CN(Cc2ccc(CSc3ccc(-c4ccccc4)cc3C(F)(F)F)cc2)C1. The fraction of sp³-hybridized carbons (Fsp3) is 0.240. The maximum absolute atomic E-state index is 13.7. The lowest BCUT2D eigenvalue weighted by Gasteiger charge is -2.36. The third-order valence-electron chi connectivity index (χ3n) is 5.52. The van der Waals surface area contributed by atoms with Gasteiger partial charge in [-0.15, -0.1) is 11.8 Å². The van der Waals surface area contributed by atoms with Gasteiger partial charge in [0, 0.05) is 30.3 Å². The number of carboxylic acid groups (broad SMARTS) is 1. The summed E-state index contributed by atoms with van der Waals surface area (Å²) in [6.45, 7) is 1.77. The van der Waals surface area contributed by atoms with Gasteiger partial charge in [0.25, 0.3) is 0 Å². The molecule has 0 aromatic heterocycles. The third-order valence-corrected chi connectivity index (χ3v) is 6.67. The number of nitrogens with zero attached hydrogens (tertiary/aromatic N) is 1. The van der Waals surface area contributed by atoms with Crippen molar-refractivity contribution in [2.75, 3.05) is 13.1 Å². The van der Waals surface area contributed by atoms with Gasteiger partial charge in [0.15, 0.2) is 0 Å². The van der Waals surface area contributed by atoms with Gasteiger partial charge in [0.05, 0.1) is 11.5 Å². The van der Waals surface area contributed by atoms with E-state index in [1.54, 1.807) is 36.4 Å². The van der Waals surface area contributed by atoms with Crippen LogP contribution in [-0.2, 0) is 23.3 Å². The van der Waals surface area contributed by atoms with Crippen molar-refractivity contribution in [3.63, 3.8) is 0 Å². The van der Waals surface area contributed by atoms with E-state index >= 15 is 0 Å². The Hall–Kier alpha value is -2.77. The van der Waals surface area contributed by atoms with Crippen molar-refractivity contribution >= 4 is 17.7 Å². The molecule has 0 amide bonds. The van der Waals surface area contributed by atoms with Gasteiger partial charge in [-0.3, -0.25) is 9.69 Å². The average Bonchev–Trinajstić information content (AvgIpc) is 2.75. The summed E-state index contributed by atoms with van der Waals surface area (Å²) in [6.07, 6.45) is -4.43. The molecule has 3 aromatic rings. The molecule has 166 valence electrons. The molecule has 7 heteroatoms. The number of carboxylic acids is 1. The molecule has 3 aromatic carbocycles. The number of halogens is 3. The van der Waals surface area contributed by atoms with Crippen molar-refractivity contribution in [3.8, 4) is 11.1 Å². The van der Waals surface area contributed by atoms with E-state index in [1.807, 2.05) is 30.3 Å². The molecule has 1 N–H and O–H groups in total. The average molecular weight is 458 g/mol. The van der Waals surface area contributed by atoms with Gasteiger partial charge in [0.1, 0.15) is 0 Å². The lowest BCUT2D eigenvalue weighted by molar-refractivity contribution is -0.147. The highest BCUT2D eigenvalue weighted by molar-refractivity contribution is 7.98. The number of thioether (sulfide) groups is 1. The van der Waals surface area contributed by atoms with E-state index in [0.717, 1.165) is 16.7 Å². The summed E-state index contributed by atoms with van der Waals surface area (Å²) in [5.41, 5.74) is 2.67. The molecule has 32 heavy (non-hydrogen) atoms. The molecule has 4 rings (SSSR count). The predicted octanol–water partition coefficient (Wildman–Crippen LogP) is 6.18. The van der Waals surface area contributed by atoms with Crippen LogP contribution in [0, 0.1) is 5.92 Å². The molecule has 0 spiro atoms. The highest BCUT2D eigenvalue weighted by Crippen LogP contribution is 2.40. The number of hydrogen-bond acceptors (Lipinski definition) is 3. The van der Waals surface area contributed by atoms with Crippen LogP contribution in [0.25, 0.3) is 11.1 Å². The molecule has 1 aliphatic rings. The molecule has 3 nitrogen and oxygen atoms in total. The quantitative estimate of drug-likeness (QED) is 0.430. The van der Waals surface area contributed by atoms with E-state index in [4.69, 9.17) is 5.11 Å². The topological polar surface area (TPSA) is 40.5 Å². The summed E-state index contributed by atoms with van der Waals surface area (Å²) in [5, 5.41) is 8.95. The maximum Gasteiger partial charge on any atom is 0.417 e. The Bertz CT molecular complexity index is 1080. The van der Waals surface area contributed by atoms with E-state index in [0.29, 0.717) is 31.0 Å². The van der Waals surface area contributed by atoms with E-state index in [1.165, 1.54) is 17.8 Å². The van der Waals surface area contributed by atoms with Gasteiger partial charge in [-0.1, -0.05) is 60.7 Å². The van der Waals surface area contributed by atoms with Crippen LogP contribution in [0.5, 0.6) is 0 Å². The van der Waals surface area contributed by atoms with Crippen LogP contribution < -0.4 is 0 Å². The maximum atomic E-state index is 13.7. The molecule has 1 aliphatic heterocycles. The summed E-state index contributed by atoms with van der Waals surface area (Å²) in [4.78, 5) is 13.2. The Morgan fingerprint density at radius 2 is 1.59 bits per heavy atom. The summed E-state index contributed by atoms with van der Waals surface area (Å²) < 4.78 is 41.1. The molecule has 1 heterocycles. The van der Waals surface area contributed by atoms with Gasteiger partial charge in [-0.25, -0.2) is 0 Å². The van der Waals surface area contributed by atoms with Gasteiger partial charge in [-0.2, -0.15) is 13.2 Å². The summed E-state index contributed by atoms with van der Waals surface area (Å²) in [6, 6.07) is 21.3. The molecular formula is C25H22F3NO2S. The van der Waals surface area contributed by atoms with Crippen molar-refractivity contribution in [3.05, 3.63) is 89.5 Å². The number of rotatable bonds is 7. The predicted molar refractivity (Wildman–Crippen MR) is 119 cm³/mol. The molecule has 1 saturated heterocycles. The molecule has 0 saturated carbocycles. The lowest BCUT2D eigenvalue weighted by atomic mass is 9.99. The fourth-order valence-electron chi connectivity index (χ4n) is 3.70. The minimum absolute atomic E-state index is 0.210. The molecular weight excluding hydrogens is 435 g/mol. The van der Waals surface area contributed by atoms with E-state index < -0.39 is 17.7 Å². The molecule has 0 bridgehead atoms. The second-order valence-corrected chi connectivity index (χ2v) is 8.93. The fourth-order valence-corrected chi connectivity index (χ4v) is 4.71. The Labute approximate surface area is 188 Å². The molecule has 0 atom stereocenters. The van der Waals surface area contributed by atoms with Crippen LogP contribution in [0.1, 0.15) is 16.7 Å². The first-order valence-electron chi connectivity index (χ1n) is 10.2. The van der Waals surface area contributed by atoms with Crippen LogP contribution >= 0.6 is 11.8 Å². The lowest BCUT2D eigenvalue weighted by Crippen LogP contribution is -2.49. The van der Waals surface area contributed by atoms with Crippen LogP contribution in [-0.4, -0.2) is 29.1 Å². The van der Waals surface area contributed by atoms with Crippen molar-refractivity contribution in [1.29, 1.82) is 0 Å². The van der Waals surface area contributed by atoms with Gasteiger partial charge in [-0.05, 0) is 34.4 Å². The summed E-state index contributed by atoms with van der Waals surface area (Å²) >= 11 is 1.17. The second-order valence-electron chi connectivity index (χ2n) is 7.91. The van der Waals surface area contributed by atoms with Crippen molar-refractivity contribution in [2.24, 2.45) is 5.92 Å². The highest BCUT2D eigenvalue weighted by Gasteiger charge is 2.34. The normalized spacial score (nSPS) is 14.8. The van der Waals surface area contributed by atoms with Crippen molar-refractivity contribution in [1.82, 2.24) is 4.90 Å². The minimum Gasteiger partial charge on any atom is -0.481 e. The highest BCUT2D eigenvalue weighted by atomic mass is 32.2.